The molecule has 1 saturated carbocycles. The molecule has 0 amide bonds. The van der Waals surface area contributed by atoms with E-state index in [4.69, 9.17) is 0 Å². The third-order valence-corrected chi connectivity index (χ3v) is 5.16. The van der Waals surface area contributed by atoms with Gasteiger partial charge in [0.25, 0.3) is 0 Å². The van der Waals surface area contributed by atoms with Crippen LogP contribution in [0, 0.1) is 5.92 Å². The van der Waals surface area contributed by atoms with Crippen LogP contribution in [0.3, 0.4) is 0 Å². The van der Waals surface area contributed by atoms with E-state index in [1.54, 1.807) is 11.1 Å². The van der Waals surface area contributed by atoms with Crippen molar-refractivity contribution in [3.8, 4) is 0 Å². The van der Waals surface area contributed by atoms with Gasteiger partial charge < -0.3 is 5.32 Å². The van der Waals surface area contributed by atoms with Gasteiger partial charge in [-0.25, -0.2) is 0 Å². The third-order valence-electron chi connectivity index (χ3n) is 5.16. The van der Waals surface area contributed by atoms with Crippen LogP contribution in [-0.4, -0.2) is 13.1 Å². The second kappa shape index (κ2) is 6.79. The van der Waals surface area contributed by atoms with Crippen molar-refractivity contribution in [2.24, 2.45) is 5.92 Å². The fourth-order valence-electron chi connectivity index (χ4n) is 4.06. The van der Waals surface area contributed by atoms with Gasteiger partial charge in [0.15, 0.2) is 0 Å². The Morgan fingerprint density at radius 2 is 1.95 bits per heavy atom. The average molecular weight is 283 g/mol. The Morgan fingerprint density at radius 1 is 1.24 bits per heavy atom. The molecule has 0 atom stereocenters. The zero-order valence-electron chi connectivity index (χ0n) is 13.5. The summed E-state index contributed by atoms with van der Waals surface area (Å²) in [6, 6.07) is 0. The van der Waals surface area contributed by atoms with Crippen molar-refractivity contribution in [1.82, 2.24) is 5.32 Å². The Balaban J connectivity index is 1.40. The molecule has 0 radical (unpaired) electrons. The SMILES string of the molecule is C=C(/C=C\C)CCCNCC1CC2=C3CC3=C(CCC2)C1. The molecule has 114 valence electrons. The van der Waals surface area contributed by atoms with Crippen LogP contribution in [0.1, 0.15) is 58.3 Å². The molecule has 1 N–H and O–H groups in total. The summed E-state index contributed by atoms with van der Waals surface area (Å²) in [5.41, 5.74) is 8.42. The first-order chi connectivity index (χ1) is 10.3. The van der Waals surface area contributed by atoms with Crippen LogP contribution >= 0.6 is 0 Å². The van der Waals surface area contributed by atoms with E-state index in [1.807, 2.05) is 11.1 Å². The lowest BCUT2D eigenvalue weighted by atomic mass is 9.86. The fourth-order valence-corrected chi connectivity index (χ4v) is 4.06. The molecule has 3 aliphatic rings. The highest BCUT2D eigenvalue weighted by Gasteiger charge is 2.35. The Hall–Kier alpha value is -1.08. The Labute approximate surface area is 129 Å². The molecular formula is C20H29N. The predicted octanol–water partition coefficient (Wildman–Crippen LogP) is 5.08. The Bertz CT molecular complexity index is 476. The maximum atomic E-state index is 4.07. The summed E-state index contributed by atoms with van der Waals surface area (Å²) >= 11 is 0. The fraction of sp³-hybridized carbons (Fsp3) is 0.600. The lowest BCUT2D eigenvalue weighted by Crippen LogP contribution is -2.25. The van der Waals surface area contributed by atoms with E-state index in [0.29, 0.717) is 0 Å². The van der Waals surface area contributed by atoms with E-state index in [0.717, 1.165) is 18.9 Å². The van der Waals surface area contributed by atoms with Crippen molar-refractivity contribution in [3.63, 3.8) is 0 Å². The molecule has 1 heteroatoms. The minimum atomic E-state index is 0.849. The smallest absolute Gasteiger partial charge is 0.00144 e. The zero-order chi connectivity index (χ0) is 14.7. The summed E-state index contributed by atoms with van der Waals surface area (Å²) in [4.78, 5) is 0. The molecule has 1 nitrogen and oxygen atoms in total. The molecule has 1 fully saturated rings. The van der Waals surface area contributed by atoms with E-state index in [9.17, 15) is 0 Å². The van der Waals surface area contributed by atoms with Gasteiger partial charge in [0.2, 0.25) is 0 Å². The lowest BCUT2D eigenvalue weighted by molar-refractivity contribution is 0.444. The van der Waals surface area contributed by atoms with E-state index in [1.165, 1.54) is 57.1 Å². The number of hydrogen-bond donors (Lipinski definition) is 1. The minimum Gasteiger partial charge on any atom is -0.316 e. The van der Waals surface area contributed by atoms with Crippen LogP contribution in [0.25, 0.3) is 0 Å². The summed E-state index contributed by atoms with van der Waals surface area (Å²) in [5.74, 6) is 0.849. The van der Waals surface area contributed by atoms with Gasteiger partial charge in [0.1, 0.15) is 0 Å². The molecular weight excluding hydrogens is 254 g/mol. The highest BCUT2D eigenvalue weighted by Crippen LogP contribution is 2.52. The first-order valence-corrected chi connectivity index (χ1v) is 8.71. The van der Waals surface area contributed by atoms with Crippen molar-refractivity contribution >= 4 is 0 Å². The van der Waals surface area contributed by atoms with Crippen molar-refractivity contribution in [2.45, 2.75) is 58.3 Å². The monoisotopic (exact) mass is 283 g/mol. The van der Waals surface area contributed by atoms with Crippen LogP contribution < -0.4 is 5.32 Å². The molecule has 0 spiro atoms. The van der Waals surface area contributed by atoms with E-state index >= 15 is 0 Å². The standard InChI is InChI=1S/C20H29N/c1-3-6-15(2)7-5-10-21-14-16-11-17-8-4-9-18(12-16)20-13-19(17)20/h3,6,16,21H,2,4-5,7-14H2,1H3/b6-3-. The van der Waals surface area contributed by atoms with Crippen molar-refractivity contribution < 1.29 is 0 Å². The van der Waals surface area contributed by atoms with Crippen molar-refractivity contribution in [1.29, 1.82) is 0 Å². The molecule has 0 aliphatic heterocycles. The summed E-state index contributed by atoms with van der Waals surface area (Å²) in [6.45, 7) is 8.45. The quantitative estimate of drug-likeness (QED) is 0.507. The summed E-state index contributed by atoms with van der Waals surface area (Å²) < 4.78 is 0. The summed E-state index contributed by atoms with van der Waals surface area (Å²) in [6.07, 6.45) is 14.8. The minimum absolute atomic E-state index is 0.849. The number of nitrogens with one attached hydrogen (secondary N) is 1. The van der Waals surface area contributed by atoms with Gasteiger partial charge in [0.05, 0.1) is 0 Å². The highest BCUT2D eigenvalue weighted by atomic mass is 14.9. The van der Waals surface area contributed by atoms with Crippen LogP contribution in [0.2, 0.25) is 0 Å². The van der Waals surface area contributed by atoms with E-state index < -0.39 is 0 Å². The first-order valence-electron chi connectivity index (χ1n) is 8.71. The summed E-state index contributed by atoms with van der Waals surface area (Å²) in [7, 11) is 0. The molecule has 0 aromatic carbocycles. The normalized spacial score (nSPS) is 21.8. The van der Waals surface area contributed by atoms with Gasteiger partial charge in [-0.2, -0.15) is 0 Å². The van der Waals surface area contributed by atoms with Gasteiger partial charge in [-0.1, -0.05) is 35.5 Å². The van der Waals surface area contributed by atoms with Gasteiger partial charge in [-0.05, 0) is 88.4 Å². The molecule has 0 unspecified atom stereocenters. The van der Waals surface area contributed by atoms with Crippen LogP contribution in [0.4, 0.5) is 0 Å². The molecule has 0 aromatic heterocycles. The van der Waals surface area contributed by atoms with Gasteiger partial charge in [-0.15, -0.1) is 0 Å². The molecule has 3 rings (SSSR count). The molecule has 2 bridgehead atoms. The number of allylic oxidation sites excluding steroid dienone is 7. The molecule has 3 aliphatic carbocycles. The third kappa shape index (κ3) is 3.77. The molecule has 0 aromatic rings. The van der Waals surface area contributed by atoms with Gasteiger partial charge in [-0.3, -0.25) is 0 Å². The predicted molar refractivity (Wildman–Crippen MR) is 91.3 cm³/mol. The van der Waals surface area contributed by atoms with Crippen molar-refractivity contribution in [3.05, 3.63) is 46.6 Å². The second-order valence-electron chi connectivity index (χ2n) is 6.93. The van der Waals surface area contributed by atoms with E-state index in [2.05, 4.69) is 31.0 Å². The largest absolute Gasteiger partial charge is 0.316 e. The van der Waals surface area contributed by atoms with Crippen LogP contribution in [0.5, 0.6) is 0 Å². The van der Waals surface area contributed by atoms with Crippen molar-refractivity contribution in [2.75, 3.05) is 13.1 Å². The zero-order valence-corrected chi connectivity index (χ0v) is 13.5. The second-order valence-corrected chi connectivity index (χ2v) is 6.93. The topological polar surface area (TPSA) is 12.0 Å². The molecule has 21 heavy (non-hydrogen) atoms. The maximum absolute atomic E-state index is 4.07. The maximum Gasteiger partial charge on any atom is -0.00144 e. The molecule has 0 saturated heterocycles. The highest BCUT2D eigenvalue weighted by molar-refractivity contribution is 5.58. The van der Waals surface area contributed by atoms with Gasteiger partial charge in [0, 0.05) is 0 Å². The number of rotatable bonds is 7. The van der Waals surface area contributed by atoms with Crippen LogP contribution in [-0.2, 0) is 0 Å². The number of hydrogen-bond acceptors (Lipinski definition) is 1. The van der Waals surface area contributed by atoms with Gasteiger partial charge >= 0.3 is 0 Å². The molecule has 0 heterocycles. The lowest BCUT2D eigenvalue weighted by Gasteiger charge is -2.22. The summed E-state index contributed by atoms with van der Waals surface area (Å²) in [5, 5.41) is 3.69. The van der Waals surface area contributed by atoms with Crippen LogP contribution in [0.15, 0.2) is 46.6 Å². The van der Waals surface area contributed by atoms with E-state index in [-0.39, 0.29) is 0 Å². The first kappa shape index (κ1) is 14.8. The average Bonchev–Trinajstić information content (AvgIpc) is 3.21. The Kier molecular flexibility index (Phi) is 4.80. The Morgan fingerprint density at radius 3 is 2.62 bits per heavy atom.